The van der Waals surface area contributed by atoms with E-state index in [0.717, 1.165) is 16.5 Å². The monoisotopic (exact) mass is 480 g/mol. The molecule has 0 aliphatic carbocycles. The maximum atomic E-state index is 12.1. The molecule has 1 aromatic heterocycles. The Morgan fingerprint density at radius 3 is 2.47 bits per heavy atom. The number of hydrogen-bond donors (Lipinski definition) is 0. The van der Waals surface area contributed by atoms with E-state index >= 15 is 0 Å². The van der Waals surface area contributed by atoms with E-state index in [1.165, 1.54) is 18.5 Å². The first-order valence-electron chi connectivity index (χ1n) is 9.52. The van der Waals surface area contributed by atoms with Crippen LogP contribution in [0.5, 0.6) is 11.6 Å². The van der Waals surface area contributed by atoms with Gasteiger partial charge in [-0.15, -0.1) is 0 Å². The summed E-state index contributed by atoms with van der Waals surface area (Å²) in [5.74, 6) is 0.843. The summed E-state index contributed by atoms with van der Waals surface area (Å²) < 4.78 is 5.90. The SMILES string of the molecule is O=C(/C=C/c1ccc(Oc2ncnc3ccc(Cl)cc23)cc1)/C=C/c1cccc(Cl)c1Cl. The van der Waals surface area contributed by atoms with Crippen LogP contribution in [-0.4, -0.2) is 15.8 Å². The van der Waals surface area contributed by atoms with Gasteiger partial charge >= 0.3 is 0 Å². The van der Waals surface area contributed by atoms with E-state index in [0.29, 0.717) is 32.3 Å². The Bertz CT molecular complexity index is 1350. The molecular weight excluding hydrogens is 467 g/mol. The van der Waals surface area contributed by atoms with Gasteiger partial charge in [0.25, 0.3) is 0 Å². The molecule has 7 heteroatoms. The molecule has 158 valence electrons. The smallest absolute Gasteiger partial charge is 0.230 e. The number of allylic oxidation sites excluding steroid dienone is 2. The van der Waals surface area contributed by atoms with Crippen LogP contribution in [0.3, 0.4) is 0 Å². The fourth-order valence-corrected chi connectivity index (χ4v) is 3.44. The van der Waals surface area contributed by atoms with Gasteiger partial charge in [0.15, 0.2) is 5.78 Å². The second-order valence-electron chi connectivity index (χ2n) is 6.72. The zero-order chi connectivity index (χ0) is 22.5. The van der Waals surface area contributed by atoms with Crippen LogP contribution in [0.1, 0.15) is 11.1 Å². The quantitative estimate of drug-likeness (QED) is 0.265. The second-order valence-corrected chi connectivity index (χ2v) is 7.95. The molecule has 4 aromatic rings. The van der Waals surface area contributed by atoms with Crippen molar-refractivity contribution >= 4 is 63.6 Å². The van der Waals surface area contributed by atoms with Crippen molar-refractivity contribution in [3.8, 4) is 11.6 Å². The van der Waals surface area contributed by atoms with Gasteiger partial charge in [0.05, 0.1) is 20.9 Å². The summed E-state index contributed by atoms with van der Waals surface area (Å²) in [5.41, 5.74) is 2.26. The molecule has 0 radical (unpaired) electrons. The molecule has 32 heavy (non-hydrogen) atoms. The van der Waals surface area contributed by atoms with Crippen LogP contribution in [0.25, 0.3) is 23.1 Å². The van der Waals surface area contributed by atoms with E-state index in [1.54, 1.807) is 54.6 Å². The molecule has 0 aliphatic rings. The normalized spacial score (nSPS) is 11.5. The first kappa shape index (κ1) is 22.0. The van der Waals surface area contributed by atoms with E-state index in [2.05, 4.69) is 9.97 Å². The molecule has 0 unspecified atom stereocenters. The van der Waals surface area contributed by atoms with Gasteiger partial charge in [0.2, 0.25) is 5.88 Å². The van der Waals surface area contributed by atoms with Crippen LogP contribution >= 0.6 is 34.8 Å². The minimum atomic E-state index is -0.175. The molecule has 0 bridgehead atoms. The number of aromatic nitrogens is 2. The predicted octanol–water partition coefficient (Wildman–Crippen LogP) is 7.68. The maximum absolute atomic E-state index is 12.1. The van der Waals surface area contributed by atoms with Gasteiger partial charge in [0.1, 0.15) is 12.1 Å². The lowest BCUT2D eigenvalue weighted by atomic mass is 10.1. The minimum Gasteiger partial charge on any atom is -0.438 e. The molecule has 3 aromatic carbocycles. The van der Waals surface area contributed by atoms with Gasteiger partial charge in [-0.05, 0) is 65.8 Å². The number of ketones is 1. The van der Waals surface area contributed by atoms with Gasteiger partial charge in [-0.3, -0.25) is 4.79 Å². The number of carbonyl (C=O) groups excluding carboxylic acids is 1. The highest BCUT2D eigenvalue weighted by molar-refractivity contribution is 6.43. The number of halogens is 3. The zero-order valence-corrected chi connectivity index (χ0v) is 18.8. The predicted molar refractivity (Wildman–Crippen MR) is 131 cm³/mol. The third-order valence-corrected chi connectivity index (χ3v) is 5.57. The average Bonchev–Trinajstić information content (AvgIpc) is 2.80. The van der Waals surface area contributed by atoms with Crippen LogP contribution in [-0.2, 0) is 4.79 Å². The molecule has 0 saturated heterocycles. The third-order valence-electron chi connectivity index (χ3n) is 4.50. The Morgan fingerprint density at radius 2 is 1.66 bits per heavy atom. The fourth-order valence-electron chi connectivity index (χ4n) is 2.90. The molecule has 0 saturated carbocycles. The highest BCUT2D eigenvalue weighted by atomic mass is 35.5. The summed E-state index contributed by atoms with van der Waals surface area (Å²) in [7, 11) is 0. The first-order valence-corrected chi connectivity index (χ1v) is 10.7. The van der Waals surface area contributed by atoms with E-state index in [-0.39, 0.29) is 5.78 Å². The molecule has 0 spiro atoms. The third kappa shape index (κ3) is 5.35. The minimum absolute atomic E-state index is 0.175. The number of rotatable bonds is 6. The van der Waals surface area contributed by atoms with Gasteiger partial charge in [-0.1, -0.05) is 65.1 Å². The van der Waals surface area contributed by atoms with Gasteiger partial charge in [-0.2, -0.15) is 0 Å². The second kappa shape index (κ2) is 9.96. The number of hydrogen-bond acceptors (Lipinski definition) is 4. The van der Waals surface area contributed by atoms with Crippen molar-refractivity contribution < 1.29 is 9.53 Å². The van der Waals surface area contributed by atoms with Gasteiger partial charge < -0.3 is 4.74 Å². The summed E-state index contributed by atoms with van der Waals surface area (Å²) in [4.78, 5) is 20.6. The van der Waals surface area contributed by atoms with Crippen LogP contribution in [0, 0.1) is 0 Å². The number of ether oxygens (including phenoxy) is 1. The molecule has 0 N–H and O–H groups in total. The molecule has 4 rings (SSSR count). The van der Waals surface area contributed by atoms with Crippen LogP contribution in [0.4, 0.5) is 0 Å². The number of fused-ring (bicyclic) bond motifs is 1. The summed E-state index contributed by atoms with van der Waals surface area (Å²) >= 11 is 18.2. The van der Waals surface area contributed by atoms with E-state index in [9.17, 15) is 4.79 Å². The topological polar surface area (TPSA) is 52.1 Å². The Labute approximate surface area is 199 Å². The van der Waals surface area contributed by atoms with Crippen LogP contribution < -0.4 is 4.74 Å². The zero-order valence-electron chi connectivity index (χ0n) is 16.5. The summed E-state index contributed by atoms with van der Waals surface area (Å²) in [6, 6.07) is 17.9. The average molecular weight is 482 g/mol. The molecule has 0 fully saturated rings. The standard InChI is InChI=1S/C25H15Cl3N2O2/c26-18-8-13-23-21(14-18)25(30-15-29-23)32-20-11-5-16(6-12-20)4-9-19(31)10-7-17-2-1-3-22(27)24(17)28/h1-15H/b9-4+,10-7+. The van der Waals surface area contributed by atoms with Gasteiger partial charge in [-0.25, -0.2) is 9.97 Å². The molecule has 0 atom stereocenters. The largest absolute Gasteiger partial charge is 0.438 e. The van der Waals surface area contributed by atoms with Crippen molar-refractivity contribution in [3.63, 3.8) is 0 Å². The molecular formula is C25H15Cl3N2O2. The van der Waals surface area contributed by atoms with Crippen molar-refractivity contribution in [1.29, 1.82) is 0 Å². The summed E-state index contributed by atoms with van der Waals surface area (Å²) in [6.07, 6.45) is 7.71. The van der Waals surface area contributed by atoms with E-state index in [1.807, 2.05) is 18.2 Å². The number of benzene rings is 3. The first-order chi connectivity index (χ1) is 15.5. The Morgan fingerprint density at radius 1 is 0.875 bits per heavy atom. The van der Waals surface area contributed by atoms with Crippen molar-refractivity contribution in [2.75, 3.05) is 0 Å². The fraction of sp³-hybridized carbons (Fsp3) is 0. The van der Waals surface area contributed by atoms with Crippen molar-refractivity contribution in [3.05, 3.63) is 105 Å². The number of nitrogens with zero attached hydrogens (tertiary/aromatic N) is 2. The van der Waals surface area contributed by atoms with E-state index < -0.39 is 0 Å². The Kier molecular flexibility index (Phi) is 6.86. The van der Waals surface area contributed by atoms with Gasteiger partial charge in [0, 0.05) is 5.02 Å². The Hall–Kier alpha value is -3.18. The Balaban J connectivity index is 1.43. The number of carbonyl (C=O) groups is 1. The van der Waals surface area contributed by atoms with Crippen molar-refractivity contribution in [2.24, 2.45) is 0 Å². The van der Waals surface area contributed by atoms with Crippen LogP contribution in [0.2, 0.25) is 15.1 Å². The highest BCUT2D eigenvalue weighted by Gasteiger charge is 2.07. The molecule has 4 nitrogen and oxygen atoms in total. The van der Waals surface area contributed by atoms with Crippen molar-refractivity contribution in [2.45, 2.75) is 0 Å². The summed E-state index contributed by atoms with van der Waals surface area (Å²) in [5, 5.41) is 2.16. The lowest BCUT2D eigenvalue weighted by molar-refractivity contribution is -0.110. The highest BCUT2D eigenvalue weighted by Crippen LogP contribution is 2.29. The molecule has 1 heterocycles. The summed E-state index contributed by atoms with van der Waals surface area (Å²) in [6.45, 7) is 0. The van der Waals surface area contributed by atoms with Crippen molar-refractivity contribution in [1.82, 2.24) is 9.97 Å². The molecule has 0 aliphatic heterocycles. The molecule has 0 amide bonds. The lowest BCUT2D eigenvalue weighted by Crippen LogP contribution is -1.91. The van der Waals surface area contributed by atoms with Crippen LogP contribution in [0.15, 0.2) is 79.1 Å². The maximum Gasteiger partial charge on any atom is 0.230 e. The lowest BCUT2D eigenvalue weighted by Gasteiger charge is -2.07. The van der Waals surface area contributed by atoms with E-state index in [4.69, 9.17) is 39.5 Å².